The Hall–Kier alpha value is -1.25. The molecule has 0 spiro atoms. The highest BCUT2D eigenvalue weighted by molar-refractivity contribution is 7.94. The lowest BCUT2D eigenvalue weighted by Crippen LogP contribution is -2.37. The van der Waals surface area contributed by atoms with Gasteiger partial charge in [-0.25, -0.2) is 21.2 Å². The summed E-state index contributed by atoms with van der Waals surface area (Å²) in [5, 5.41) is 4.25. The lowest BCUT2D eigenvalue weighted by molar-refractivity contribution is 0.467. The van der Waals surface area contributed by atoms with Crippen LogP contribution >= 0.6 is 0 Å². The maximum atomic E-state index is 13.4. The van der Waals surface area contributed by atoms with Gasteiger partial charge in [-0.1, -0.05) is 6.08 Å². The van der Waals surface area contributed by atoms with Crippen LogP contribution in [0.2, 0.25) is 0 Å². The van der Waals surface area contributed by atoms with Crippen molar-refractivity contribution in [3.05, 3.63) is 41.1 Å². The smallest absolute Gasteiger partial charge is 0.178 e. The molecule has 0 aromatic heterocycles. The molecule has 1 N–H and O–H groups in total. The Balaban J connectivity index is 1.92. The molecule has 0 fully saturated rings. The van der Waals surface area contributed by atoms with E-state index in [0.717, 1.165) is 11.5 Å². The normalized spacial score (nSPS) is 29.2. The van der Waals surface area contributed by atoms with Gasteiger partial charge in [-0.2, -0.15) is 0 Å². The topological polar surface area (TPSA) is 80.3 Å². The van der Waals surface area contributed by atoms with Crippen LogP contribution in [0.1, 0.15) is 18.0 Å². The van der Waals surface area contributed by atoms with Crippen molar-refractivity contribution >= 4 is 19.7 Å². The first-order valence-electron chi connectivity index (χ1n) is 6.46. The molecule has 0 amide bonds. The summed E-state index contributed by atoms with van der Waals surface area (Å²) in [6, 6.07) is 2.85. The molecule has 1 aromatic rings. The summed E-state index contributed by atoms with van der Waals surface area (Å²) in [5.41, 5.74) is 0.374. The van der Waals surface area contributed by atoms with Crippen molar-refractivity contribution in [3.63, 3.8) is 0 Å². The van der Waals surface area contributed by atoms with Gasteiger partial charge in [-0.15, -0.1) is 0 Å². The minimum atomic E-state index is -3.39. The lowest BCUT2D eigenvalue weighted by atomic mass is 10.0. The Morgan fingerprint density at radius 3 is 2.62 bits per heavy atom. The third-order valence-electron chi connectivity index (χ3n) is 3.70. The maximum Gasteiger partial charge on any atom is 0.178 e. The van der Waals surface area contributed by atoms with Crippen LogP contribution in [0.3, 0.4) is 0 Å². The number of hydrogen-bond acceptors (Lipinski definition) is 5. The molecule has 1 aromatic carbocycles. The van der Waals surface area contributed by atoms with E-state index < -0.39 is 25.5 Å². The molecule has 0 bridgehead atoms. The van der Waals surface area contributed by atoms with Crippen LogP contribution in [0.15, 0.2) is 34.6 Å². The van der Waals surface area contributed by atoms with Gasteiger partial charge in [0.1, 0.15) is 5.82 Å². The van der Waals surface area contributed by atoms with E-state index in [9.17, 15) is 21.2 Å². The van der Waals surface area contributed by atoms with Crippen molar-refractivity contribution in [1.29, 1.82) is 0 Å². The monoisotopic (exact) mass is 331 g/mol. The Labute approximate surface area is 122 Å². The summed E-state index contributed by atoms with van der Waals surface area (Å²) in [6.45, 7) is 0. The molecule has 2 atom stereocenters. The first-order valence-corrected chi connectivity index (χ1v) is 9.83. The van der Waals surface area contributed by atoms with Crippen LogP contribution in [-0.4, -0.2) is 34.4 Å². The summed E-state index contributed by atoms with van der Waals surface area (Å²) in [6.07, 6.45) is 1.83. The number of fused-ring (bicyclic) bond motifs is 1. The summed E-state index contributed by atoms with van der Waals surface area (Å²) in [7, 11) is -6.58. The van der Waals surface area contributed by atoms with Crippen molar-refractivity contribution in [2.24, 2.45) is 0 Å². The lowest BCUT2D eigenvalue weighted by Gasteiger charge is -2.28. The molecule has 3 rings (SSSR count). The highest BCUT2D eigenvalue weighted by Gasteiger charge is 2.33. The minimum absolute atomic E-state index is 0.0352. The Morgan fingerprint density at radius 1 is 1.19 bits per heavy atom. The second-order valence-corrected chi connectivity index (χ2v) is 9.28. The van der Waals surface area contributed by atoms with Crippen molar-refractivity contribution in [3.8, 4) is 0 Å². The molecule has 114 valence electrons. The van der Waals surface area contributed by atoms with E-state index in [1.165, 1.54) is 18.2 Å². The standard InChI is InChI=1S/C13H14FNO4S2/c14-9-1-2-13-11(7-9)12(4-6-21(13,18)19)15-10-3-5-20(16,17)8-10/h1-3,5,7,10,12,15H,4,6,8H2. The molecule has 0 aliphatic carbocycles. The van der Waals surface area contributed by atoms with Gasteiger partial charge >= 0.3 is 0 Å². The van der Waals surface area contributed by atoms with Gasteiger partial charge in [0.15, 0.2) is 19.7 Å². The number of sulfone groups is 2. The van der Waals surface area contributed by atoms with Crippen LogP contribution in [0.5, 0.6) is 0 Å². The second-order valence-electron chi connectivity index (χ2n) is 5.27. The molecule has 21 heavy (non-hydrogen) atoms. The third-order valence-corrected chi connectivity index (χ3v) is 6.91. The van der Waals surface area contributed by atoms with Gasteiger partial charge < -0.3 is 5.32 Å². The summed E-state index contributed by atoms with van der Waals surface area (Å²) < 4.78 is 60.2. The van der Waals surface area contributed by atoms with E-state index in [2.05, 4.69) is 5.32 Å². The molecule has 0 saturated heterocycles. The number of benzene rings is 1. The molecule has 8 heteroatoms. The molecule has 0 saturated carbocycles. The Bertz CT molecular complexity index is 815. The number of nitrogens with one attached hydrogen (secondary N) is 1. The quantitative estimate of drug-likeness (QED) is 0.816. The first kappa shape index (κ1) is 14.7. The molecule has 5 nitrogen and oxygen atoms in total. The van der Waals surface area contributed by atoms with E-state index in [1.807, 2.05) is 0 Å². The van der Waals surface area contributed by atoms with Gasteiger partial charge in [-0.05, 0) is 30.2 Å². The number of rotatable bonds is 2. The van der Waals surface area contributed by atoms with E-state index in [-0.39, 0.29) is 28.5 Å². The predicted octanol–water partition coefficient (Wildman–Crippen LogP) is 0.945. The molecule has 2 aliphatic heterocycles. The summed E-state index contributed by atoms with van der Waals surface area (Å²) >= 11 is 0. The van der Waals surface area contributed by atoms with Crippen molar-refractivity contribution < 1.29 is 21.2 Å². The fraction of sp³-hybridized carbons (Fsp3) is 0.385. The minimum Gasteiger partial charge on any atom is -0.303 e. The van der Waals surface area contributed by atoms with Crippen LogP contribution in [0, 0.1) is 5.82 Å². The Kier molecular flexibility index (Phi) is 3.42. The van der Waals surface area contributed by atoms with Gasteiger partial charge in [0, 0.05) is 17.5 Å². The van der Waals surface area contributed by atoms with E-state index in [4.69, 9.17) is 0 Å². The summed E-state index contributed by atoms with van der Waals surface area (Å²) in [4.78, 5) is 0.123. The zero-order valence-corrected chi connectivity index (χ0v) is 12.6. The molecule has 2 aliphatic rings. The van der Waals surface area contributed by atoms with Gasteiger partial charge in [0.2, 0.25) is 0 Å². The molecule has 2 heterocycles. The average molecular weight is 331 g/mol. The van der Waals surface area contributed by atoms with Gasteiger partial charge in [0.25, 0.3) is 0 Å². The molecular formula is C13H14FNO4S2. The second kappa shape index (κ2) is 4.89. The zero-order chi connectivity index (χ0) is 15.3. The molecular weight excluding hydrogens is 317 g/mol. The molecule has 2 unspecified atom stereocenters. The van der Waals surface area contributed by atoms with Crippen molar-refractivity contribution in [2.45, 2.75) is 23.4 Å². The van der Waals surface area contributed by atoms with Gasteiger partial charge in [0.05, 0.1) is 16.4 Å². The van der Waals surface area contributed by atoms with Crippen molar-refractivity contribution in [2.75, 3.05) is 11.5 Å². The van der Waals surface area contributed by atoms with Crippen LogP contribution in [0.4, 0.5) is 4.39 Å². The Morgan fingerprint density at radius 2 is 1.95 bits per heavy atom. The van der Waals surface area contributed by atoms with Crippen molar-refractivity contribution in [1.82, 2.24) is 5.32 Å². The van der Waals surface area contributed by atoms with Crippen LogP contribution in [-0.2, 0) is 19.7 Å². The molecule has 0 radical (unpaired) electrons. The van der Waals surface area contributed by atoms with E-state index in [0.29, 0.717) is 12.0 Å². The predicted molar refractivity (Wildman–Crippen MR) is 75.7 cm³/mol. The number of halogens is 1. The first-order chi connectivity index (χ1) is 9.77. The zero-order valence-electron chi connectivity index (χ0n) is 11.0. The summed E-state index contributed by atoms with van der Waals surface area (Å²) in [5.74, 6) is -0.597. The van der Waals surface area contributed by atoms with E-state index >= 15 is 0 Å². The van der Waals surface area contributed by atoms with Crippen LogP contribution < -0.4 is 5.32 Å². The van der Waals surface area contributed by atoms with E-state index in [1.54, 1.807) is 0 Å². The maximum absolute atomic E-state index is 13.4. The highest BCUT2D eigenvalue weighted by atomic mass is 32.2. The fourth-order valence-electron chi connectivity index (χ4n) is 2.72. The third kappa shape index (κ3) is 2.88. The number of hydrogen-bond donors (Lipinski definition) is 1. The fourth-order valence-corrected chi connectivity index (χ4v) is 5.57. The average Bonchev–Trinajstić information content (AvgIpc) is 2.72. The highest BCUT2D eigenvalue weighted by Crippen LogP contribution is 2.33. The van der Waals surface area contributed by atoms with Crippen LogP contribution in [0.25, 0.3) is 0 Å². The largest absolute Gasteiger partial charge is 0.303 e. The SMILES string of the molecule is O=S1(=O)C=CC(NC2CCS(=O)(=O)c3ccc(F)cc32)C1. The van der Waals surface area contributed by atoms with Gasteiger partial charge in [-0.3, -0.25) is 0 Å².